The third-order valence-electron chi connectivity index (χ3n) is 4.16. The molecule has 0 spiro atoms. The van der Waals surface area contributed by atoms with Crippen molar-refractivity contribution in [2.24, 2.45) is 0 Å². The number of benzene rings is 1. The molecular formula is C23H30N2O5. The fraction of sp³-hybridized carbons (Fsp3) is 0.435. The van der Waals surface area contributed by atoms with E-state index in [9.17, 15) is 14.7 Å². The maximum absolute atomic E-state index is 12.5. The first-order valence-electron chi connectivity index (χ1n) is 10.0. The number of carbonyl (C=O) groups excluding carboxylic acids is 2. The number of nitrogens with one attached hydrogen (secondary N) is 1. The van der Waals surface area contributed by atoms with E-state index in [1.54, 1.807) is 63.4 Å². The topological polar surface area (TPSA) is 97.8 Å². The first-order chi connectivity index (χ1) is 14.2. The zero-order chi connectivity index (χ0) is 22.0. The van der Waals surface area contributed by atoms with Gasteiger partial charge in [-0.15, -0.1) is 0 Å². The second-order valence-electron chi connectivity index (χ2n) is 7.97. The first-order valence-corrected chi connectivity index (χ1v) is 10.0. The average Bonchev–Trinajstić information content (AvgIpc) is 2.70. The minimum Gasteiger partial charge on any atom is -0.478 e. The smallest absolute Gasteiger partial charge is 0.407 e. The molecule has 0 aliphatic rings. The Morgan fingerprint density at radius 2 is 1.80 bits per heavy atom. The van der Waals surface area contributed by atoms with E-state index in [1.807, 2.05) is 12.1 Å². The van der Waals surface area contributed by atoms with Gasteiger partial charge >= 0.3 is 6.09 Å². The van der Waals surface area contributed by atoms with E-state index in [4.69, 9.17) is 9.47 Å². The van der Waals surface area contributed by atoms with E-state index in [1.165, 1.54) is 0 Å². The SMILES string of the molecule is CC(C)(C)OC(=O)N[C@@H](CC(=O)CCCOc1ccccn1)[C@@H](O)c1ccccc1. The summed E-state index contributed by atoms with van der Waals surface area (Å²) in [5.74, 6) is 0.421. The number of ketones is 1. The Balaban J connectivity index is 1.92. The van der Waals surface area contributed by atoms with Crippen LogP contribution < -0.4 is 10.1 Å². The third kappa shape index (κ3) is 8.61. The molecule has 162 valence electrons. The molecular weight excluding hydrogens is 384 g/mol. The number of hydrogen-bond acceptors (Lipinski definition) is 6. The zero-order valence-corrected chi connectivity index (χ0v) is 17.7. The summed E-state index contributed by atoms with van der Waals surface area (Å²) >= 11 is 0. The van der Waals surface area contributed by atoms with Crippen LogP contribution in [0.15, 0.2) is 54.7 Å². The lowest BCUT2D eigenvalue weighted by atomic mass is 9.96. The summed E-state index contributed by atoms with van der Waals surface area (Å²) in [7, 11) is 0. The standard InChI is InChI=1S/C23H30N2O5/c1-23(2,3)30-22(28)25-19(21(27)17-10-5-4-6-11-17)16-18(26)12-9-15-29-20-13-7-8-14-24-20/h4-8,10-11,13-14,19,21,27H,9,12,15-16H2,1-3H3,(H,25,28)/t19-,21-/m0/s1. The summed E-state index contributed by atoms with van der Waals surface area (Å²) in [6.45, 7) is 5.61. The van der Waals surface area contributed by atoms with E-state index in [2.05, 4.69) is 10.3 Å². The van der Waals surface area contributed by atoms with Crippen LogP contribution in [-0.4, -0.2) is 40.2 Å². The van der Waals surface area contributed by atoms with Crippen molar-refractivity contribution in [2.75, 3.05) is 6.61 Å². The highest BCUT2D eigenvalue weighted by Crippen LogP contribution is 2.20. The van der Waals surface area contributed by atoms with Gasteiger partial charge in [0.05, 0.1) is 18.8 Å². The Morgan fingerprint density at radius 3 is 2.43 bits per heavy atom. The monoisotopic (exact) mass is 414 g/mol. The molecule has 1 aromatic carbocycles. The van der Waals surface area contributed by atoms with Gasteiger partial charge in [0.1, 0.15) is 11.4 Å². The molecule has 0 saturated heterocycles. The predicted molar refractivity (Wildman–Crippen MR) is 113 cm³/mol. The van der Waals surface area contributed by atoms with E-state index in [0.29, 0.717) is 24.5 Å². The number of aromatic nitrogens is 1. The molecule has 1 aromatic heterocycles. The summed E-state index contributed by atoms with van der Waals surface area (Å²) in [5, 5.41) is 13.4. The van der Waals surface area contributed by atoms with Crippen LogP contribution in [0.3, 0.4) is 0 Å². The van der Waals surface area contributed by atoms with Crippen LogP contribution in [0.25, 0.3) is 0 Å². The number of amides is 1. The quantitative estimate of drug-likeness (QED) is 0.574. The first kappa shape index (κ1) is 23.3. The molecule has 0 bridgehead atoms. The maximum Gasteiger partial charge on any atom is 0.407 e. The molecule has 2 N–H and O–H groups in total. The number of ether oxygens (including phenoxy) is 2. The third-order valence-corrected chi connectivity index (χ3v) is 4.16. The summed E-state index contributed by atoms with van der Waals surface area (Å²) in [6.07, 6.45) is 0.690. The molecule has 0 saturated carbocycles. The van der Waals surface area contributed by atoms with Gasteiger partial charge in [-0.2, -0.15) is 0 Å². The van der Waals surface area contributed by atoms with E-state index in [0.717, 1.165) is 0 Å². The van der Waals surface area contributed by atoms with Crippen LogP contribution in [-0.2, 0) is 9.53 Å². The van der Waals surface area contributed by atoms with Crippen molar-refractivity contribution in [3.63, 3.8) is 0 Å². The minimum atomic E-state index is -1.03. The van der Waals surface area contributed by atoms with Crippen molar-refractivity contribution in [1.82, 2.24) is 10.3 Å². The van der Waals surface area contributed by atoms with Crippen LogP contribution in [0.4, 0.5) is 4.79 Å². The fourth-order valence-corrected chi connectivity index (χ4v) is 2.81. The second-order valence-corrected chi connectivity index (χ2v) is 7.97. The molecule has 1 heterocycles. The number of pyridine rings is 1. The van der Waals surface area contributed by atoms with E-state index in [-0.39, 0.29) is 18.6 Å². The molecule has 2 atom stereocenters. The van der Waals surface area contributed by atoms with Crippen molar-refractivity contribution in [3.8, 4) is 5.88 Å². The number of aliphatic hydroxyl groups is 1. The van der Waals surface area contributed by atoms with Crippen LogP contribution >= 0.6 is 0 Å². The lowest BCUT2D eigenvalue weighted by Crippen LogP contribution is -2.43. The van der Waals surface area contributed by atoms with Gasteiger partial charge in [0, 0.05) is 25.1 Å². The number of rotatable bonds is 10. The highest BCUT2D eigenvalue weighted by molar-refractivity contribution is 5.80. The lowest BCUT2D eigenvalue weighted by molar-refractivity contribution is -0.120. The largest absolute Gasteiger partial charge is 0.478 e. The highest BCUT2D eigenvalue weighted by Gasteiger charge is 2.27. The van der Waals surface area contributed by atoms with Crippen LogP contribution in [0.5, 0.6) is 5.88 Å². The van der Waals surface area contributed by atoms with Crippen molar-refractivity contribution >= 4 is 11.9 Å². The molecule has 7 nitrogen and oxygen atoms in total. The minimum absolute atomic E-state index is 0.0150. The van der Waals surface area contributed by atoms with Gasteiger partial charge in [0.2, 0.25) is 5.88 Å². The van der Waals surface area contributed by atoms with Crippen LogP contribution in [0, 0.1) is 0 Å². The van der Waals surface area contributed by atoms with Crippen LogP contribution in [0.1, 0.15) is 51.7 Å². The summed E-state index contributed by atoms with van der Waals surface area (Å²) < 4.78 is 10.8. The molecule has 0 fully saturated rings. The van der Waals surface area contributed by atoms with E-state index < -0.39 is 23.8 Å². The Bertz CT molecular complexity index is 790. The Labute approximate surface area is 177 Å². The molecule has 30 heavy (non-hydrogen) atoms. The molecule has 2 aromatic rings. The van der Waals surface area contributed by atoms with Crippen molar-refractivity contribution in [2.45, 2.75) is 57.8 Å². The van der Waals surface area contributed by atoms with Gasteiger partial charge < -0.3 is 19.9 Å². The van der Waals surface area contributed by atoms with Gasteiger partial charge in [-0.05, 0) is 38.8 Å². The summed E-state index contributed by atoms with van der Waals surface area (Å²) in [4.78, 5) is 28.8. The highest BCUT2D eigenvalue weighted by atomic mass is 16.6. The van der Waals surface area contributed by atoms with Gasteiger partial charge in [-0.3, -0.25) is 4.79 Å². The van der Waals surface area contributed by atoms with Crippen LogP contribution in [0.2, 0.25) is 0 Å². The Kier molecular flexibility index (Phi) is 8.80. The number of alkyl carbamates (subject to hydrolysis) is 1. The molecule has 0 aliphatic carbocycles. The molecule has 0 radical (unpaired) electrons. The molecule has 2 rings (SSSR count). The second kappa shape index (κ2) is 11.3. The number of aliphatic hydroxyl groups excluding tert-OH is 1. The Morgan fingerprint density at radius 1 is 1.10 bits per heavy atom. The fourth-order valence-electron chi connectivity index (χ4n) is 2.81. The van der Waals surface area contributed by atoms with Crippen molar-refractivity contribution in [1.29, 1.82) is 0 Å². The number of nitrogens with zero attached hydrogens (tertiary/aromatic N) is 1. The van der Waals surface area contributed by atoms with Gasteiger partial charge in [0.15, 0.2) is 0 Å². The van der Waals surface area contributed by atoms with E-state index >= 15 is 0 Å². The lowest BCUT2D eigenvalue weighted by Gasteiger charge is -2.26. The Hall–Kier alpha value is -2.93. The summed E-state index contributed by atoms with van der Waals surface area (Å²) in [6, 6.07) is 13.5. The molecule has 0 unspecified atom stereocenters. The van der Waals surface area contributed by atoms with Gasteiger partial charge in [0.25, 0.3) is 0 Å². The van der Waals surface area contributed by atoms with Crippen molar-refractivity contribution in [3.05, 3.63) is 60.3 Å². The molecule has 0 aliphatic heterocycles. The summed E-state index contributed by atoms with van der Waals surface area (Å²) in [5.41, 5.74) is -0.0658. The number of carbonyl (C=O) groups is 2. The predicted octanol–water partition coefficient (Wildman–Crippen LogP) is 3.83. The van der Waals surface area contributed by atoms with Crippen molar-refractivity contribution < 1.29 is 24.2 Å². The van der Waals surface area contributed by atoms with Gasteiger partial charge in [-0.1, -0.05) is 36.4 Å². The zero-order valence-electron chi connectivity index (χ0n) is 17.7. The van der Waals surface area contributed by atoms with Gasteiger partial charge in [-0.25, -0.2) is 9.78 Å². The number of Topliss-reactive ketones (excluding diaryl/α,β-unsaturated/α-hetero) is 1. The average molecular weight is 415 g/mol. The molecule has 1 amide bonds. The maximum atomic E-state index is 12.5. The number of hydrogen-bond donors (Lipinski definition) is 2. The normalized spacial score (nSPS) is 13.2. The molecule has 7 heteroatoms.